The number of hydrogen-bond donors (Lipinski definition) is 0. The van der Waals surface area contributed by atoms with Gasteiger partial charge >= 0.3 is 0 Å². The number of nitrogens with zero attached hydrogens (tertiary/aromatic N) is 1. The van der Waals surface area contributed by atoms with Crippen LogP contribution in [-0.4, -0.2) is 9.90 Å². The van der Waals surface area contributed by atoms with E-state index in [1.807, 2.05) is 0 Å². The van der Waals surface area contributed by atoms with Crippen LogP contribution < -0.4 is 0 Å². The van der Waals surface area contributed by atoms with Crippen molar-refractivity contribution in [3.05, 3.63) is 23.0 Å². The zero-order valence-electron chi connectivity index (χ0n) is 10.5. The van der Waals surface area contributed by atoms with Gasteiger partial charge in [0.2, 0.25) is 0 Å². The van der Waals surface area contributed by atoms with E-state index in [1.54, 1.807) is 0 Å². The van der Waals surface area contributed by atoms with Crippen LogP contribution >= 0.6 is 15.9 Å². The van der Waals surface area contributed by atoms with Gasteiger partial charge in [0, 0.05) is 23.3 Å². The molecule has 1 heterocycles. The lowest BCUT2D eigenvalue weighted by atomic mass is 10.0. The summed E-state index contributed by atoms with van der Waals surface area (Å²) in [5, 5.41) is 1.04. The number of aryl methyl sites for hydroxylation is 1. The molecule has 1 unspecified atom stereocenters. The quantitative estimate of drug-likeness (QED) is 0.722. The first-order valence-electron chi connectivity index (χ1n) is 5.70. The number of rotatable bonds is 4. The molecule has 1 aromatic heterocycles. The minimum Gasteiger partial charge on any atom is -0.349 e. The first kappa shape index (κ1) is 12.8. The summed E-state index contributed by atoms with van der Waals surface area (Å²) in [4.78, 5) is 0. The Morgan fingerprint density at radius 2 is 1.87 bits per heavy atom. The van der Waals surface area contributed by atoms with E-state index >= 15 is 0 Å². The molecule has 1 rings (SSSR count). The van der Waals surface area contributed by atoms with Crippen molar-refractivity contribution in [3.8, 4) is 0 Å². The molecule has 0 aromatic carbocycles. The van der Waals surface area contributed by atoms with Crippen molar-refractivity contribution < 1.29 is 0 Å². The molecule has 0 bridgehead atoms. The van der Waals surface area contributed by atoms with Crippen molar-refractivity contribution >= 4 is 15.9 Å². The van der Waals surface area contributed by atoms with E-state index in [1.165, 1.54) is 17.0 Å². The summed E-state index contributed by atoms with van der Waals surface area (Å²) >= 11 is 3.56. The second kappa shape index (κ2) is 5.20. The van der Waals surface area contributed by atoms with Gasteiger partial charge in [-0.25, -0.2) is 0 Å². The molecule has 2 heteroatoms. The molecule has 0 spiro atoms. The monoisotopic (exact) mass is 271 g/mol. The third kappa shape index (κ3) is 2.87. The summed E-state index contributed by atoms with van der Waals surface area (Å²) in [7, 11) is 0. The van der Waals surface area contributed by atoms with Crippen LogP contribution in [0.25, 0.3) is 0 Å². The summed E-state index contributed by atoms with van der Waals surface area (Å²) in [5.41, 5.74) is 4.32. The Hall–Kier alpha value is -0.240. The molecule has 0 aliphatic heterocycles. The molecule has 0 aliphatic carbocycles. The summed E-state index contributed by atoms with van der Waals surface area (Å²) in [6.07, 6.45) is 0. The van der Waals surface area contributed by atoms with Crippen molar-refractivity contribution in [1.29, 1.82) is 0 Å². The molecule has 0 fully saturated rings. The second-order valence-corrected chi connectivity index (χ2v) is 5.53. The van der Waals surface area contributed by atoms with E-state index in [4.69, 9.17) is 0 Å². The van der Waals surface area contributed by atoms with Crippen LogP contribution in [0.3, 0.4) is 0 Å². The molecule has 1 nitrogen and oxygen atoms in total. The summed E-state index contributed by atoms with van der Waals surface area (Å²) in [5.74, 6) is 1.32. The molecule has 0 radical (unpaired) electrons. The second-order valence-electron chi connectivity index (χ2n) is 4.89. The predicted octanol–water partition coefficient (Wildman–Crippen LogP) is 4.26. The molecule has 0 amide bonds. The maximum atomic E-state index is 3.56. The Morgan fingerprint density at radius 1 is 1.27 bits per heavy atom. The normalized spacial score (nSPS) is 13.5. The molecule has 0 N–H and O–H groups in total. The van der Waals surface area contributed by atoms with Gasteiger partial charge in [-0.3, -0.25) is 0 Å². The minimum atomic E-state index is 0.608. The fraction of sp³-hybridized carbons (Fsp3) is 0.692. The number of aromatic nitrogens is 1. The van der Waals surface area contributed by atoms with Gasteiger partial charge in [-0.1, -0.05) is 36.7 Å². The Labute approximate surface area is 102 Å². The van der Waals surface area contributed by atoms with Crippen LogP contribution in [0.4, 0.5) is 0 Å². The van der Waals surface area contributed by atoms with Gasteiger partial charge in [-0.15, -0.1) is 0 Å². The molecule has 0 aliphatic rings. The summed E-state index contributed by atoms with van der Waals surface area (Å²) < 4.78 is 2.44. The van der Waals surface area contributed by atoms with Crippen LogP contribution in [0, 0.1) is 19.8 Å². The number of hydrogen-bond acceptors (Lipinski definition) is 0. The Kier molecular flexibility index (Phi) is 4.45. The SMILES string of the molecule is Cc1cc(C(C)CBr)c(C)n1CC(C)C. The van der Waals surface area contributed by atoms with Crippen molar-refractivity contribution in [3.63, 3.8) is 0 Å². The lowest BCUT2D eigenvalue weighted by Crippen LogP contribution is -2.08. The highest BCUT2D eigenvalue weighted by Crippen LogP contribution is 2.25. The van der Waals surface area contributed by atoms with Crippen LogP contribution in [0.15, 0.2) is 6.07 Å². The smallest absolute Gasteiger partial charge is 0.0247 e. The molecule has 0 saturated heterocycles. The number of halogens is 1. The third-order valence-electron chi connectivity index (χ3n) is 2.92. The first-order chi connectivity index (χ1) is 6.97. The molecule has 15 heavy (non-hydrogen) atoms. The molecule has 1 atom stereocenters. The van der Waals surface area contributed by atoms with Crippen LogP contribution in [0.5, 0.6) is 0 Å². The summed E-state index contributed by atoms with van der Waals surface area (Å²) in [6.45, 7) is 12.4. The Bertz CT molecular complexity index is 326. The average molecular weight is 272 g/mol. The Balaban J connectivity index is 3.03. The van der Waals surface area contributed by atoms with Gasteiger partial charge in [0.15, 0.2) is 0 Å². The maximum absolute atomic E-state index is 3.56. The highest BCUT2D eigenvalue weighted by Gasteiger charge is 2.14. The maximum Gasteiger partial charge on any atom is 0.0247 e. The van der Waals surface area contributed by atoms with Gasteiger partial charge in [-0.2, -0.15) is 0 Å². The van der Waals surface area contributed by atoms with Crippen molar-refractivity contribution in [1.82, 2.24) is 4.57 Å². The van der Waals surface area contributed by atoms with Gasteiger partial charge in [0.05, 0.1) is 0 Å². The molecule has 86 valence electrons. The third-order valence-corrected chi connectivity index (χ3v) is 3.89. The molecule has 0 saturated carbocycles. The first-order valence-corrected chi connectivity index (χ1v) is 6.82. The van der Waals surface area contributed by atoms with E-state index in [9.17, 15) is 0 Å². The summed E-state index contributed by atoms with van der Waals surface area (Å²) in [6, 6.07) is 2.34. The van der Waals surface area contributed by atoms with Gasteiger partial charge in [0.1, 0.15) is 0 Å². The highest BCUT2D eigenvalue weighted by atomic mass is 79.9. The zero-order valence-corrected chi connectivity index (χ0v) is 12.1. The van der Waals surface area contributed by atoms with E-state index in [0.29, 0.717) is 11.8 Å². The van der Waals surface area contributed by atoms with Crippen molar-refractivity contribution in [2.24, 2.45) is 5.92 Å². The van der Waals surface area contributed by atoms with Crippen LogP contribution in [0.2, 0.25) is 0 Å². The predicted molar refractivity (Wildman–Crippen MR) is 71.0 cm³/mol. The fourth-order valence-corrected chi connectivity index (χ4v) is 2.40. The lowest BCUT2D eigenvalue weighted by Gasteiger charge is -2.13. The Morgan fingerprint density at radius 3 is 2.33 bits per heavy atom. The van der Waals surface area contributed by atoms with Crippen LogP contribution in [0.1, 0.15) is 43.6 Å². The standard InChI is InChI=1S/C13H22BrN/c1-9(2)8-15-11(4)6-13(12(15)5)10(3)7-14/h6,9-10H,7-8H2,1-5H3. The van der Waals surface area contributed by atoms with E-state index in [2.05, 4.69) is 61.2 Å². The van der Waals surface area contributed by atoms with Gasteiger partial charge < -0.3 is 4.57 Å². The van der Waals surface area contributed by atoms with Crippen molar-refractivity contribution in [2.75, 3.05) is 5.33 Å². The molecular formula is C13H22BrN. The molecule has 1 aromatic rings. The van der Waals surface area contributed by atoms with E-state index in [0.717, 1.165) is 11.9 Å². The van der Waals surface area contributed by atoms with E-state index in [-0.39, 0.29) is 0 Å². The minimum absolute atomic E-state index is 0.608. The zero-order chi connectivity index (χ0) is 11.6. The topological polar surface area (TPSA) is 4.93 Å². The fourth-order valence-electron chi connectivity index (χ4n) is 2.06. The largest absolute Gasteiger partial charge is 0.349 e. The average Bonchev–Trinajstić information content (AvgIpc) is 2.44. The number of alkyl halides is 1. The lowest BCUT2D eigenvalue weighted by molar-refractivity contribution is 0.508. The molecular weight excluding hydrogens is 250 g/mol. The van der Waals surface area contributed by atoms with Gasteiger partial charge in [-0.05, 0) is 37.3 Å². The van der Waals surface area contributed by atoms with E-state index < -0.39 is 0 Å². The highest BCUT2D eigenvalue weighted by molar-refractivity contribution is 9.09. The van der Waals surface area contributed by atoms with Crippen LogP contribution in [-0.2, 0) is 6.54 Å². The van der Waals surface area contributed by atoms with Crippen molar-refractivity contribution in [2.45, 2.75) is 47.1 Å². The van der Waals surface area contributed by atoms with Gasteiger partial charge in [0.25, 0.3) is 0 Å².